The molecule has 0 bridgehead atoms. The molecule has 0 aliphatic carbocycles. The number of piperidine rings is 1. The molecule has 1 aliphatic heterocycles. The van der Waals surface area contributed by atoms with E-state index in [1.165, 1.54) is 16.1 Å². The molecule has 0 radical (unpaired) electrons. The molecule has 30 heavy (non-hydrogen) atoms. The van der Waals surface area contributed by atoms with Crippen molar-refractivity contribution in [2.75, 3.05) is 24.5 Å². The number of anilines is 1. The summed E-state index contributed by atoms with van der Waals surface area (Å²) in [5.74, 6) is 0.897. The molecule has 2 N–H and O–H groups in total. The van der Waals surface area contributed by atoms with Gasteiger partial charge in [0.05, 0.1) is 18.1 Å². The third kappa shape index (κ3) is 5.60. The highest BCUT2D eigenvalue weighted by Crippen LogP contribution is 2.24. The lowest BCUT2D eigenvalue weighted by Crippen LogP contribution is -2.48. The van der Waals surface area contributed by atoms with E-state index < -0.39 is 0 Å². The first-order valence-corrected chi connectivity index (χ1v) is 11.4. The van der Waals surface area contributed by atoms with E-state index >= 15 is 0 Å². The zero-order chi connectivity index (χ0) is 20.6. The normalized spacial score (nSPS) is 15.4. The maximum absolute atomic E-state index is 4.83. The van der Waals surface area contributed by atoms with E-state index in [4.69, 9.17) is 4.99 Å². The van der Waals surface area contributed by atoms with Crippen LogP contribution in [0.4, 0.5) is 5.00 Å². The summed E-state index contributed by atoms with van der Waals surface area (Å²) in [7, 11) is 0. The van der Waals surface area contributed by atoms with Gasteiger partial charge in [-0.25, -0.2) is 14.7 Å². The Morgan fingerprint density at radius 2 is 2.07 bits per heavy atom. The van der Waals surface area contributed by atoms with Crippen molar-refractivity contribution in [3.63, 3.8) is 0 Å². The van der Waals surface area contributed by atoms with Crippen molar-refractivity contribution in [2.45, 2.75) is 38.9 Å². The molecule has 3 heterocycles. The lowest BCUT2D eigenvalue weighted by atomic mass is 10.1. The highest BCUT2D eigenvalue weighted by atomic mass is 32.1. The molecule has 3 aromatic rings. The molecular weight excluding hydrogens is 394 g/mol. The molecule has 2 aromatic heterocycles. The van der Waals surface area contributed by atoms with Crippen LogP contribution in [0.15, 0.2) is 59.4 Å². The van der Waals surface area contributed by atoms with E-state index in [0.29, 0.717) is 12.6 Å². The van der Waals surface area contributed by atoms with Crippen LogP contribution in [-0.4, -0.2) is 46.4 Å². The first kappa shape index (κ1) is 20.4. The average Bonchev–Trinajstić information content (AvgIpc) is 3.48. The minimum absolute atomic E-state index is 0.456. The summed E-state index contributed by atoms with van der Waals surface area (Å²) in [5, 5.41) is 14.7. The van der Waals surface area contributed by atoms with E-state index in [1.54, 1.807) is 12.7 Å². The maximum Gasteiger partial charge on any atom is 0.191 e. The molecule has 0 saturated carbocycles. The number of aromatic nitrogens is 3. The van der Waals surface area contributed by atoms with Crippen molar-refractivity contribution >= 4 is 22.3 Å². The second-order valence-corrected chi connectivity index (χ2v) is 8.39. The second kappa shape index (κ2) is 10.2. The van der Waals surface area contributed by atoms with Crippen molar-refractivity contribution < 1.29 is 0 Å². The van der Waals surface area contributed by atoms with E-state index in [1.807, 2.05) is 16.0 Å². The fourth-order valence-electron chi connectivity index (χ4n) is 3.71. The van der Waals surface area contributed by atoms with Crippen LogP contribution >= 0.6 is 11.3 Å². The lowest BCUT2D eigenvalue weighted by Gasteiger charge is -2.33. The Balaban J connectivity index is 1.33. The van der Waals surface area contributed by atoms with Gasteiger partial charge in [-0.05, 0) is 48.4 Å². The van der Waals surface area contributed by atoms with Crippen LogP contribution in [0.5, 0.6) is 0 Å². The molecular formula is C22H29N7S. The Morgan fingerprint density at radius 1 is 1.20 bits per heavy atom. The topological polar surface area (TPSA) is 70.4 Å². The first-order chi connectivity index (χ1) is 14.8. The van der Waals surface area contributed by atoms with Gasteiger partial charge in [0.1, 0.15) is 12.7 Å². The molecule has 4 rings (SSSR count). The third-order valence-electron chi connectivity index (χ3n) is 5.22. The van der Waals surface area contributed by atoms with Crippen LogP contribution in [0.25, 0.3) is 0 Å². The summed E-state index contributed by atoms with van der Waals surface area (Å²) in [6, 6.07) is 13.3. The van der Waals surface area contributed by atoms with Gasteiger partial charge in [0.2, 0.25) is 0 Å². The number of benzene rings is 1. The van der Waals surface area contributed by atoms with Crippen LogP contribution in [0.2, 0.25) is 0 Å². The van der Waals surface area contributed by atoms with Crippen LogP contribution in [0.1, 0.15) is 30.9 Å². The van der Waals surface area contributed by atoms with Crippen LogP contribution in [0, 0.1) is 0 Å². The Hall–Kier alpha value is -2.87. The van der Waals surface area contributed by atoms with E-state index in [0.717, 1.165) is 45.0 Å². The Kier molecular flexibility index (Phi) is 6.97. The van der Waals surface area contributed by atoms with Gasteiger partial charge < -0.3 is 15.5 Å². The van der Waals surface area contributed by atoms with Gasteiger partial charge in [0.25, 0.3) is 0 Å². The standard InChI is InChI=1S/C22H29N7S/c1-2-24-22(27-20-8-10-28(11-9-20)21-7-4-12-30-21)25-14-18-5-3-6-19(13-18)15-29-17-23-16-26-29/h3-7,12-13,16-17,20H,2,8-11,14-15H2,1H3,(H2,24,25,27). The van der Waals surface area contributed by atoms with Gasteiger partial charge in [-0.2, -0.15) is 5.10 Å². The first-order valence-electron chi connectivity index (χ1n) is 10.5. The molecule has 1 fully saturated rings. The van der Waals surface area contributed by atoms with E-state index in [9.17, 15) is 0 Å². The van der Waals surface area contributed by atoms with Crippen molar-refractivity contribution in [3.8, 4) is 0 Å². The smallest absolute Gasteiger partial charge is 0.191 e. The summed E-state index contributed by atoms with van der Waals surface area (Å²) in [4.78, 5) is 11.3. The predicted octanol–water partition coefficient (Wildman–Crippen LogP) is 3.11. The molecule has 1 aromatic carbocycles. The fraction of sp³-hybridized carbons (Fsp3) is 0.409. The minimum atomic E-state index is 0.456. The third-order valence-corrected chi connectivity index (χ3v) is 6.15. The van der Waals surface area contributed by atoms with Crippen molar-refractivity contribution in [1.29, 1.82) is 0 Å². The van der Waals surface area contributed by atoms with Crippen molar-refractivity contribution in [1.82, 2.24) is 25.4 Å². The molecule has 7 nitrogen and oxygen atoms in total. The molecule has 1 saturated heterocycles. The van der Waals surface area contributed by atoms with Crippen molar-refractivity contribution in [3.05, 3.63) is 65.6 Å². The van der Waals surface area contributed by atoms with E-state index in [2.05, 4.69) is 74.3 Å². The molecule has 0 spiro atoms. The Bertz CT molecular complexity index is 913. The quantitative estimate of drug-likeness (QED) is 0.451. The molecule has 8 heteroatoms. The summed E-state index contributed by atoms with van der Waals surface area (Å²) in [6.07, 6.45) is 5.54. The van der Waals surface area contributed by atoms with Gasteiger partial charge in [-0.3, -0.25) is 0 Å². The number of rotatable bonds is 7. The van der Waals surface area contributed by atoms with Gasteiger partial charge in [-0.15, -0.1) is 11.3 Å². The highest BCUT2D eigenvalue weighted by molar-refractivity contribution is 7.14. The van der Waals surface area contributed by atoms with Crippen LogP contribution in [-0.2, 0) is 13.1 Å². The summed E-state index contributed by atoms with van der Waals surface area (Å²) in [5.41, 5.74) is 2.39. The van der Waals surface area contributed by atoms with Gasteiger partial charge in [0, 0.05) is 25.7 Å². The van der Waals surface area contributed by atoms with Crippen LogP contribution < -0.4 is 15.5 Å². The number of hydrogen-bond donors (Lipinski definition) is 2. The number of nitrogens with zero attached hydrogens (tertiary/aromatic N) is 5. The summed E-state index contributed by atoms with van der Waals surface area (Å²) in [6.45, 7) is 6.50. The predicted molar refractivity (Wildman–Crippen MR) is 123 cm³/mol. The highest BCUT2D eigenvalue weighted by Gasteiger charge is 2.20. The fourth-order valence-corrected chi connectivity index (χ4v) is 4.49. The summed E-state index contributed by atoms with van der Waals surface area (Å²) >= 11 is 1.82. The Morgan fingerprint density at radius 3 is 2.80 bits per heavy atom. The number of hydrogen-bond acceptors (Lipinski definition) is 5. The van der Waals surface area contributed by atoms with Crippen LogP contribution in [0.3, 0.4) is 0 Å². The Labute approximate surface area is 181 Å². The van der Waals surface area contributed by atoms with Crippen molar-refractivity contribution in [2.24, 2.45) is 4.99 Å². The molecule has 0 atom stereocenters. The van der Waals surface area contributed by atoms with Gasteiger partial charge in [-0.1, -0.05) is 24.3 Å². The number of aliphatic imine (C=N–C) groups is 1. The molecule has 0 unspecified atom stereocenters. The SMILES string of the molecule is CCNC(=NCc1cccc(Cn2cncn2)c1)NC1CCN(c2cccs2)CC1. The summed E-state index contributed by atoms with van der Waals surface area (Å²) < 4.78 is 1.83. The minimum Gasteiger partial charge on any atom is -0.363 e. The number of thiophene rings is 1. The second-order valence-electron chi connectivity index (χ2n) is 7.47. The monoisotopic (exact) mass is 423 g/mol. The molecule has 158 valence electrons. The number of nitrogens with one attached hydrogen (secondary N) is 2. The zero-order valence-electron chi connectivity index (χ0n) is 17.4. The van der Waals surface area contributed by atoms with E-state index in [-0.39, 0.29) is 0 Å². The maximum atomic E-state index is 4.83. The number of guanidine groups is 1. The van der Waals surface area contributed by atoms with Gasteiger partial charge in [0.15, 0.2) is 5.96 Å². The van der Waals surface area contributed by atoms with Gasteiger partial charge >= 0.3 is 0 Å². The average molecular weight is 424 g/mol. The molecule has 1 aliphatic rings. The largest absolute Gasteiger partial charge is 0.363 e. The molecule has 0 amide bonds. The zero-order valence-corrected chi connectivity index (χ0v) is 18.2. The lowest BCUT2D eigenvalue weighted by molar-refractivity contribution is 0.463.